The van der Waals surface area contributed by atoms with E-state index in [1.165, 1.54) is 24.3 Å². The summed E-state index contributed by atoms with van der Waals surface area (Å²) in [5.41, 5.74) is -0.220. The lowest BCUT2D eigenvalue weighted by molar-refractivity contribution is -0.117. The highest BCUT2D eigenvalue weighted by Crippen LogP contribution is 2.35. The summed E-state index contributed by atoms with van der Waals surface area (Å²) >= 11 is 2.00. The first-order chi connectivity index (χ1) is 6.23. The van der Waals surface area contributed by atoms with Crippen molar-refractivity contribution in [2.24, 2.45) is 5.92 Å². The number of hydrogen-bond acceptors (Lipinski definition) is 3. The van der Waals surface area contributed by atoms with Gasteiger partial charge < -0.3 is 9.53 Å². The summed E-state index contributed by atoms with van der Waals surface area (Å²) in [5, 5.41) is 0. The normalized spacial score (nSPS) is 23.8. The van der Waals surface area contributed by atoms with Gasteiger partial charge in [-0.1, -0.05) is 0 Å². The van der Waals surface area contributed by atoms with Crippen molar-refractivity contribution in [1.29, 1.82) is 0 Å². The molecular weight excluding hydrogens is 184 g/mol. The van der Waals surface area contributed by atoms with E-state index in [9.17, 15) is 4.79 Å². The molecule has 1 rings (SSSR count). The van der Waals surface area contributed by atoms with Crippen molar-refractivity contribution in [2.75, 3.05) is 18.6 Å². The minimum Gasteiger partial charge on any atom is -0.378 e. The standard InChI is InChI=1S/C10H18O2S/c1-10(12-2,5-6-11)9-3-7-13-8-4-9/h6,9H,3-5,7-8H2,1-2H3. The summed E-state index contributed by atoms with van der Waals surface area (Å²) in [4.78, 5) is 10.5. The van der Waals surface area contributed by atoms with Gasteiger partial charge in [-0.3, -0.25) is 0 Å². The number of rotatable bonds is 4. The maximum Gasteiger partial charge on any atom is 0.122 e. The number of hydrogen-bond donors (Lipinski definition) is 0. The molecule has 0 amide bonds. The summed E-state index contributed by atoms with van der Waals surface area (Å²) in [7, 11) is 1.71. The van der Waals surface area contributed by atoms with Gasteiger partial charge in [0.2, 0.25) is 0 Å². The van der Waals surface area contributed by atoms with Crippen LogP contribution in [0.5, 0.6) is 0 Å². The van der Waals surface area contributed by atoms with Gasteiger partial charge in [-0.25, -0.2) is 0 Å². The molecule has 1 aliphatic heterocycles. The van der Waals surface area contributed by atoms with E-state index in [2.05, 4.69) is 6.92 Å². The Morgan fingerprint density at radius 2 is 2.15 bits per heavy atom. The van der Waals surface area contributed by atoms with E-state index in [4.69, 9.17) is 4.74 Å². The molecule has 0 saturated carbocycles. The van der Waals surface area contributed by atoms with E-state index in [1.807, 2.05) is 11.8 Å². The van der Waals surface area contributed by atoms with Crippen LogP contribution in [-0.4, -0.2) is 30.5 Å². The molecule has 0 aromatic heterocycles. The number of ether oxygens (including phenoxy) is 1. The lowest BCUT2D eigenvalue weighted by Crippen LogP contribution is -2.39. The zero-order valence-electron chi connectivity index (χ0n) is 8.41. The molecule has 1 aliphatic rings. The molecule has 0 spiro atoms. The Labute approximate surface area is 84.4 Å². The fraction of sp³-hybridized carbons (Fsp3) is 0.900. The fourth-order valence-corrected chi connectivity index (χ4v) is 3.00. The Morgan fingerprint density at radius 1 is 1.54 bits per heavy atom. The summed E-state index contributed by atoms with van der Waals surface area (Å²) in [6.45, 7) is 2.06. The summed E-state index contributed by atoms with van der Waals surface area (Å²) in [6, 6.07) is 0. The zero-order chi connectivity index (χ0) is 9.73. The average Bonchev–Trinajstić information content (AvgIpc) is 2.19. The number of carbonyl (C=O) groups is 1. The topological polar surface area (TPSA) is 26.3 Å². The second-order valence-corrected chi connectivity index (χ2v) is 5.00. The molecule has 13 heavy (non-hydrogen) atoms. The van der Waals surface area contributed by atoms with E-state index < -0.39 is 0 Å². The van der Waals surface area contributed by atoms with Crippen molar-refractivity contribution in [3.63, 3.8) is 0 Å². The van der Waals surface area contributed by atoms with Gasteiger partial charge in [0.25, 0.3) is 0 Å². The lowest BCUT2D eigenvalue weighted by Gasteiger charge is -2.37. The first-order valence-electron chi connectivity index (χ1n) is 4.79. The van der Waals surface area contributed by atoms with E-state index in [0.29, 0.717) is 12.3 Å². The molecule has 1 unspecified atom stereocenters. The molecule has 0 aromatic carbocycles. The molecule has 0 aliphatic carbocycles. The Morgan fingerprint density at radius 3 is 2.62 bits per heavy atom. The first-order valence-corrected chi connectivity index (χ1v) is 5.95. The van der Waals surface area contributed by atoms with Crippen molar-refractivity contribution >= 4 is 18.0 Å². The molecule has 0 N–H and O–H groups in total. The molecule has 1 atom stereocenters. The minimum atomic E-state index is -0.220. The van der Waals surface area contributed by atoms with Crippen LogP contribution in [0, 0.1) is 5.92 Å². The van der Waals surface area contributed by atoms with Gasteiger partial charge in [-0.15, -0.1) is 0 Å². The number of thioether (sulfide) groups is 1. The Bertz CT molecular complexity index is 166. The van der Waals surface area contributed by atoms with Crippen LogP contribution < -0.4 is 0 Å². The van der Waals surface area contributed by atoms with Crippen LogP contribution in [0.25, 0.3) is 0 Å². The lowest BCUT2D eigenvalue weighted by atomic mass is 9.82. The monoisotopic (exact) mass is 202 g/mol. The molecule has 0 aromatic rings. The van der Waals surface area contributed by atoms with E-state index >= 15 is 0 Å². The minimum absolute atomic E-state index is 0.220. The van der Waals surface area contributed by atoms with Crippen molar-refractivity contribution < 1.29 is 9.53 Å². The molecule has 2 nitrogen and oxygen atoms in total. The van der Waals surface area contributed by atoms with Crippen LogP contribution in [0.3, 0.4) is 0 Å². The molecule has 1 saturated heterocycles. The highest BCUT2D eigenvalue weighted by atomic mass is 32.2. The molecule has 1 fully saturated rings. The van der Waals surface area contributed by atoms with E-state index in [-0.39, 0.29) is 5.60 Å². The molecule has 1 heterocycles. The fourth-order valence-electron chi connectivity index (χ4n) is 1.89. The maximum atomic E-state index is 10.5. The largest absolute Gasteiger partial charge is 0.378 e. The summed E-state index contributed by atoms with van der Waals surface area (Å²) < 4.78 is 5.48. The Hall–Kier alpha value is -0.0200. The second kappa shape index (κ2) is 5.01. The predicted molar refractivity (Wildman–Crippen MR) is 56.1 cm³/mol. The van der Waals surface area contributed by atoms with Crippen molar-refractivity contribution in [3.8, 4) is 0 Å². The molecule has 0 radical (unpaired) electrons. The third kappa shape index (κ3) is 2.71. The van der Waals surface area contributed by atoms with Crippen molar-refractivity contribution in [2.45, 2.75) is 31.8 Å². The van der Waals surface area contributed by atoms with Crippen LogP contribution in [0.4, 0.5) is 0 Å². The van der Waals surface area contributed by atoms with Crippen LogP contribution in [-0.2, 0) is 9.53 Å². The Kier molecular flexibility index (Phi) is 4.26. The smallest absolute Gasteiger partial charge is 0.122 e. The van der Waals surface area contributed by atoms with E-state index in [0.717, 1.165) is 6.29 Å². The third-order valence-corrected chi connectivity index (χ3v) is 4.09. The first kappa shape index (κ1) is 11.1. The van der Waals surface area contributed by atoms with Crippen molar-refractivity contribution in [1.82, 2.24) is 0 Å². The summed E-state index contributed by atoms with van der Waals surface area (Å²) in [5.74, 6) is 2.98. The Balaban J connectivity index is 2.56. The van der Waals surface area contributed by atoms with Gasteiger partial charge in [-0.05, 0) is 37.2 Å². The molecule has 0 bridgehead atoms. The van der Waals surface area contributed by atoms with Gasteiger partial charge in [0.1, 0.15) is 6.29 Å². The second-order valence-electron chi connectivity index (χ2n) is 3.77. The number of aldehydes is 1. The summed E-state index contributed by atoms with van der Waals surface area (Å²) in [6.07, 6.45) is 3.87. The van der Waals surface area contributed by atoms with Gasteiger partial charge >= 0.3 is 0 Å². The van der Waals surface area contributed by atoms with Gasteiger partial charge in [0.15, 0.2) is 0 Å². The van der Waals surface area contributed by atoms with Crippen LogP contribution in [0.2, 0.25) is 0 Å². The molecular formula is C10H18O2S. The van der Waals surface area contributed by atoms with E-state index in [1.54, 1.807) is 7.11 Å². The van der Waals surface area contributed by atoms with Crippen LogP contribution in [0.1, 0.15) is 26.2 Å². The predicted octanol–water partition coefficient (Wildman–Crippen LogP) is 2.12. The van der Waals surface area contributed by atoms with Gasteiger partial charge in [0.05, 0.1) is 5.60 Å². The average molecular weight is 202 g/mol. The SMILES string of the molecule is COC(C)(CC=O)C1CCSCC1. The number of carbonyl (C=O) groups excluding carboxylic acids is 1. The quantitative estimate of drug-likeness (QED) is 0.653. The molecule has 3 heteroatoms. The third-order valence-electron chi connectivity index (χ3n) is 3.04. The van der Waals surface area contributed by atoms with Gasteiger partial charge in [-0.2, -0.15) is 11.8 Å². The van der Waals surface area contributed by atoms with Crippen molar-refractivity contribution in [3.05, 3.63) is 0 Å². The highest BCUT2D eigenvalue weighted by molar-refractivity contribution is 7.99. The zero-order valence-corrected chi connectivity index (χ0v) is 9.23. The number of methoxy groups -OCH3 is 1. The van der Waals surface area contributed by atoms with Crippen LogP contribution >= 0.6 is 11.8 Å². The molecule has 76 valence electrons. The highest BCUT2D eigenvalue weighted by Gasteiger charge is 2.34. The van der Waals surface area contributed by atoms with Gasteiger partial charge in [0, 0.05) is 13.5 Å². The maximum absolute atomic E-state index is 10.5. The van der Waals surface area contributed by atoms with Crippen LogP contribution in [0.15, 0.2) is 0 Å².